The van der Waals surface area contributed by atoms with Gasteiger partial charge in [-0.1, -0.05) is 20.8 Å². The fourth-order valence-electron chi connectivity index (χ4n) is 1.76. The molecular formula is C15H25N3O4S. The molecule has 1 heterocycles. The lowest BCUT2D eigenvalue weighted by Gasteiger charge is -2.26. The summed E-state index contributed by atoms with van der Waals surface area (Å²) in [5, 5.41) is 4.98. The molecule has 0 bridgehead atoms. The molecule has 0 unspecified atom stereocenters. The van der Waals surface area contributed by atoms with E-state index < -0.39 is 11.3 Å². The number of ketones is 1. The normalized spacial score (nSPS) is 19.1. The second-order valence-corrected chi connectivity index (χ2v) is 7.63. The first kappa shape index (κ1) is 19.5. The topological polar surface area (TPSA) is 95.6 Å². The van der Waals surface area contributed by atoms with Crippen molar-refractivity contribution in [2.24, 2.45) is 5.41 Å². The maximum Gasteiger partial charge on any atom is 0.242 e. The molecule has 1 aliphatic heterocycles. The molecule has 3 amide bonds. The van der Waals surface area contributed by atoms with Crippen LogP contribution in [-0.2, 0) is 19.2 Å². The molecule has 130 valence electrons. The lowest BCUT2D eigenvalue weighted by Crippen LogP contribution is -2.46. The molecule has 0 aromatic rings. The second kappa shape index (κ2) is 8.90. The summed E-state index contributed by atoms with van der Waals surface area (Å²) in [6, 6.07) is 0. The van der Waals surface area contributed by atoms with Crippen LogP contribution < -0.4 is 10.6 Å². The summed E-state index contributed by atoms with van der Waals surface area (Å²) < 4.78 is 0. The van der Waals surface area contributed by atoms with Gasteiger partial charge in [-0.2, -0.15) is 11.8 Å². The van der Waals surface area contributed by atoms with Gasteiger partial charge in [-0.25, -0.2) is 0 Å². The van der Waals surface area contributed by atoms with E-state index in [1.165, 1.54) is 4.90 Å². The van der Waals surface area contributed by atoms with Crippen LogP contribution in [0.3, 0.4) is 0 Å². The van der Waals surface area contributed by atoms with E-state index in [1.807, 2.05) is 20.8 Å². The van der Waals surface area contributed by atoms with Gasteiger partial charge in [0.25, 0.3) is 0 Å². The molecule has 2 N–H and O–H groups in total. The van der Waals surface area contributed by atoms with Crippen molar-refractivity contribution in [3.63, 3.8) is 0 Å². The Morgan fingerprint density at radius 3 is 2.39 bits per heavy atom. The van der Waals surface area contributed by atoms with Crippen LogP contribution in [-0.4, -0.2) is 66.1 Å². The Balaban J connectivity index is 2.71. The Bertz CT molecular complexity index is 474. The van der Waals surface area contributed by atoms with Crippen molar-refractivity contribution in [3.8, 4) is 0 Å². The summed E-state index contributed by atoms with van der Waals surface area (Å²) in [5.74, 6) is 0.344. The summed E-state index contributed by atoms with van der Waals surface area (Å²) in [6.07, 6.45) is 0.326. The van der Waals surface area contributed by atoms with E-state index >= 15 is 0 Å². The van der Waals surface area contributed by atoms with Gasteiger partial charge >= 0.3 is 0 Å². The molecule has 7 nitrogen and oxygen atoms in total. The number of amides is 3. The number of carbonyl (C=O) groups is 4. The number of rotatable bonds is 2. The monoisotopic (exact) mass is 343 g/mol. The minimum atomic E-state index is -0.520. The molecule has 0 radical (unpaired) electrons. The number of carbonyl (C=O) groups excluding carboxylic acids is 4. The zero-order chi connectivity index (χ0) is 17.5. The largest absolute Gasteiger partial charge is 0.347 e. The third kappa shape index (κ3) is 7.49. The molecule has 0 saturated carbocycles. The Hall–Kier alpha value is -1.57. The highest BCUT2D eigenvalue weighted by atomic mass is 32.2. The molecule has 0 atom stereocenters. The zero-order valence-electron chi connectivity index (χ0n) is 13.9. The predicted molar refractivity (Wildman–Crippen MR) is 89.0 cm³/mol. The van der Waals surface area contributed by atoms with Crippen LogP contribution in [0.2, 0.25) is 0 Å². The van der Waals surface area contributed by atoms with Crippen molar-refractivity contribution in [2.75, 3.05) is 37.7 Å². The number of nitrogens with one attached hydrogen (secondary N) is 2. The summed E-state index contributed by atoms with van der Waals surface area (Å²) in [4.78, 5) is 49.0. The number of thioether (sulfide) groups is 1. The fourth-order valence-corrected chi connectivity index (χ4v) is 2.64. The Morgan fingerprint density at radius 1 is 1.09 bits per heavy atom. The van der Waals surface area contributed by atoms with Gasteiger partial charge in [-0.15, -0.1) is 0 Å². The second-order valence-electron chi connectivity index (χ2n) is 6.40. The van der Waals surface area contributed by atoms with Gasteiger partial charge in [0.2, 0.25) is 17.7 Å². The van der Waals surface area contributed by atoms with Gasteiger partial charge in [0.05, 0.1) is 19.6 Å². The van der Waals surface area contributed by atoms with Gasteiger partial charge < -0.3 is 15.5 Å². The van der Waals surface area contributed by atoms with E-state index in [0.717, 1.165) is 0 Å². The minimum Gasteiger partial charge on any atom is -0.347 e. The van der Waals surface area contributed by atoms with Crippen LogP contribution in [0.1, 0.15) is 27.2 Å². The van der Waals surface area contributed by atoms with Gasteiger partial charge in [0.15, 0.2) is 5.78 Å². The molecular weight excluding hydrogens is 318 g/mol. The van der Waals surface area contributed by atoms with Crippen LogP contribution in [0, 0.1) is 5.41 Å². The Labute approximate surface area is 140 Å². The van der Waals surface area contributed by atoms with Crippen LogP contribution in [0.15, 0.2) is 0 Å². The maximum atomic E-state index is 12.3. The summed E-state index contributed by atoms with van der Waals surface area (Å²) in [7, 11) is 0. The highest BCUT2D eigenvalue weighted by Gasteiger charge is 2.26. The summed E-state index contributed by atoms with van der Waals surface area (Å²) >= 11 is 1.55. The molecule has 0 aromatic heterocycles. The van der Waals surface area contributed by atoms with Crippen LogP contribution in [0.4, 0.5) is 0 Å². The van der Waals surface area contributed by atoms with E-state index in [2.05, 4.69) is 10.6 Å². The molecule has 0 aromatic carbocycles. The standard InChI is InChI=1S/C15H25N3O4S/c1-15(2,3)11(19)10-18-5-7-23-6-4-12(20)16-8-13(21)17-9-14(18)22/h4-10H2,1-3H3,(H,16,20)(H,17,21). The van der Waals surface area contributed by atoms with E-state index in [1.54, 1.807) is 11.8 Å². The minimum absolute atomic E-state index is 0.0247. The lowest BCUT2D eigenvalue weighted by molar-refractivity contribution is -0.138. The van der Waals surface area contributed by atoms with Crippen molar-refractivity contribution in [3.05, 3.63) is 0 Å². The number of nitrogens with zero attached hydrogens (tertiary/aromatic N) is 1. The predicted octanol–water partition coefficient (Wildman–Crippen LogP) is -0.200. The average molecular weight is 343 g/mol. The third-order valence-corrected chi connectivity index (χ3v) is 4.35. The van der Waals surface area contributed by atoms with Gasteiger partial charge in [0, 0.05) is 29.9 Å². The first-order chi connectivity index (χ1) is 10.7. The first-order valence-corrected chi connectivity index (χ1v) is 8.78. The molecule has 1 fully saturated rings. The van der Waals surface area contributed by atoms with Crippen molar-refractivity contribution < 1.29 is 19.2 Å². The summed E-state index contributed by atoms with van der Waals surface area (Å²) in [5.41, 5.74) is -0.520. The molecule has 8 heteroatoms. The van der Waals surface area contributed by atoms with Crippen LogP contribution in [0.25, 0.3) is 0 Å². The Kier molecular flexibility index (Phi) is 7.54. The Morgan fingerprint density at radius 2 is 1.74 bits per heavy atom. The third-order valence-electron chi connectivity index (χ3n) is 3.39. The van der Waals surface area contributed by atoms with Crippen molar-refractivity contribution in [2.45, 2.75) is 27.2 Å². The van der Waals surface area contributed by atoms with Crippen LogP contribution in [0.5, 0.6) is 0 Å². The molecule has 1 rings (SSSR count). The highest BCUT2D eigenvalue weighted by Crippen LogP contribution is 2.15. The van der Waals surface area contributed by atoms with Gasteiger partial charge in [-0.3, -0.25) is 19.2 Å². The van der Waals surface area contributed by atoms with Gasteiger partial charge in [0.1, 0.15) is 0 Å². The number of hydrogen-bond acceptors (Lipinski definition) is 5. The number of Topliss-reactive ketones (excluding diaryl/α,β-unsaturated/α-hetero) is 1. The number of hydrogen-bond donors (Lipinski definition) is 2. The first-order valence-electron chi connectivity index (χ1n) is 7.62. The average Bonchev–Trinajstić information content (AvgIpc) is 2.47. The van der Waals surface area contributed by atoms with E-state index in [-0.39, 0.29) is 37.2 Å². The van der Waals surface area contributed by atoms with Gasteiger partial charge in [-0.05, 0) is 0 Å². The quantitative estimate of drug-likeness (QED) is 0.724. The molecule has 1 aliphatic rings. The van der Waals surface area contributed by atoms with E-state index in [9.17, 15) is 19.2 Å². The van der Waals surface area contributed by atoms with E-state index in [4.69, 9.17) is 0 Å². The van der Waals surface area contributed by atoms with Crippen molar-refractivity contribution in [1.29, 1.82) is 0 Å². The fraction of sp³-hybridized carbons (Fsp3) is 0.733. The molecule has 0 aliphatic carbocycles. The highest BCUT2D eigenvalue weighted by molar-refractivity contribution is 7.99. The van der Waals surface area contributed by atoms with Crippen molar-refractivity contribution >= 4 is 35.3 Å². The zero-order valence-corrected chi connectivity index (χ0v) is 14.8. The SMILES string of the molecule is CC(C)(C)C(=O)CN1CCSCCC(=O)NCC(=O)NCC1=O. The van der Waals surface area contributed by atoms with Crippen LogP contribution >= 0.6 is 11.8 Å². The maximum absolute atomic E-state index is 12.3. The smallest absolute Gasteiger partial charge is 0.242 e. The molecule has 1 saturated heterocycles. The molecule has 23 heavy (non-hydrogen) atoms. The van der Waals surface area contributed by atoms with Crippen molar-refractivity contribution in [1.82, 2.24) is 15.5 Å². The molecule has 0 spiro atoms. The van der Waals surface area contributed by atoms with E-state index in [0.29, 0.717) is 24.5 Å². The summed E-state index contributed by atoms with van der Waals surface area (Å²) in [6.45, 7) is 5.59. The lowest BCUT2D eigenvalue weighted by atomic mass is 9.90.